The quantitative estimate of drug-likeness (QED) is 0.192. The van der Waals surface area contributed by atoms with Crippen molar-refractivity contribution in [3.05, 3.63) is 42.1 Å². The summed E-state index contributed by atoms with van der Waals surface area (Å²) in [6.45, 7) is 5.22. The Hall–Kier alpha value is -5.15. The summed E-state index contributed by atoms with van der Waals surface area (Å²) in [5, 5.41) is 10.3. The maximum atomic E-state index is 13.8. The highest BCUT2D eigenvalue weighted by Gasteiger charge is 2.36. The molecule has 16 nitrogen and oxygen atoms in total. The number of piperazine rings is 1. The normalized spacial score (nSPS) is 17.8. The van der Waals surface area contributed by atoms with E-state index >= 15 is 0 Å². The third-order valence-corrected chi connectivity index (χ3v) is 9.70. The molecule has 0 unspecified atom stereocenters. The fourth-order valence-corrected chi connectivity index (χ4v) is 6.45. The summed E-state index contributed by atoms with van der Waals surface area (Å²) in [6.07, 6.45) is 5.36. The number of nitrogens with zero attached hydrogens (tertiary/aromatic N) is 5. The van der Waals surface area contributed by atoms with E-state index in [0.717, 1.165) is 32.1 Å². The van der Waals surface area contributed by atoms with Gasteiger partial charge in [-0.2, -0.15) is 5.10 Å². The van der Waals surface area contributed by atoms with E-state index in [-0.39, 0.29) is 81.7 Å². The molecule has 5 rings (SSSR count). The molecule has 3 aliphatic rings. The molecule has 3 heterocycles. The fraction of sp³-hybridized carbons (Fsp3) is 0.595. The molecule has 3 fully saturated rings. The summed E-state index contributed by atoms with van der Waals surface area (Å²) < 4.78 is 17.7. The molecule has 1 saturated carbocycles. The van der Waals surface area contributed by atoms with Gasteiger partial charge in [0.25, 0.3) is 11.8 Å². The van der Waals surface area contributed by atoms with Crippen molar-refractivity contribution < 1.29 is 43.0 Å². The Balaban J connectivity index is 1.27. The summed E-state index contributed by atoms with van der Waals surface area (Å²) in [5.41, 5.74) is 0.484. The van der Waals surface area contributed by atoms with Crippen molar-refractivity contribution in [1.82, 2.24) is 35.1 Å². The lowest BCUT2D eigenvalue weighted by atomic mass is 9.93. The average molecular weight is 738 g/mol. The van der Waals surface area contributed by atoms with Crippen LogP contribution in [0.1, 0.15) is 82.1 Å². The average Bonchev–Trinajstić information content (AvgIpc) is 3.83. The first-order chi connectivity index (χ1) is 25.7. The lowest BCUT2D eigenvalue weighted by Crippen LogP contribution is -2.56. The summed E-state index contributed by atoms with van der Waals surface area (Å²) in [5.74, 6) is -2.00. The van der Waals surface area contributed by atoms with Gasteiger partial charge in [0.05, 0.1) is 18.9 Å². The summed E-state index contributed by atoms with van der Waals surface area (Å²) >= 11 is 0. The first kappa shape index (κ1) is 39.1. The highest BCUT2D eigenvalue weighted by molar-refractivity contribution is 5.96. The number of amides is 5. The molecule has 0 bridgehead atoms. The van der Waals surface area contributed by atoms with Gasteiger partial charge in [0.1, 0.15) is 12.1 Å². The van der Waals surface area contributed by atoms with Crippen molar-refractivity contribution >= 4 is 35.7 Å². The number of hydrogen-bond donors (Lipinski definition) is 2. The molecule has 1 aromatic carbocycles. The van der Waals surface area contributed by atoms with Gasteiger partial charge in [-0.25, -0.2) is 9.48 Å². The standard InChI is InChI=1S/C37H51N7O9/c1-3-5-23-52-37(50)42-21-19-41(20-22-42)36(49)28(16-17-33(46)51-4-2)39-34(47)29-24-32(44(40-29)27-13-7-6-8-14-27)53-25-31(45)43-18-10-15-30(43)35(48)38-26-11-9-12-26/h6-8,13-14,24,26,28,30H,3-5,9-12,15-23,25H2,1-2H3,(H,38,48)(H,39,47)/t28-,30-/m0/s1. The Morgan fingerprint density at radius 2 is 1.64 bits per heavy atom. The number of likely N-dealkylation sites (tertiary alicyclic amines) is 1. The maximum Gasteiger partial charge on any atom is 0.409 e. The number of carbonyl (C=O) groups excluding carboxylic acids is 6. The maximum absolute atomic E-state index is 13.8. The summed E-state index contributed by atoms with van der Waals surface area (Å²) in [7, 11) is 0. The number of rotatable bonds is 16. The van der Waals surface area contributed by atoms with Gasteiger partial charge in [-0.05, 0) is 64.0 Å². The van der Waals surface area contributed by atoms with Crippen LogP contribution in [0, 0.1) is 0 Å². The third kappa shape index (κ3) is 10.5. The topological polar surface area (TPSA) is 182 Å². The molecule has 2 N–H and O–H groups in total. The number of carbonyl (C=O) groups is 6. The number of aromatic nitrogens is 2. The Morgan fingerprint density at radius 3 is 2.32 bits per heavy atom. The zero-order chi connectivity index (χ0) is 37.7. The molecular weight excluding hydrogens is 686 g/mol. The molecule has 2 aliphatic heterocycles. The van der Waals surface area contributed by atoms with Crippen molar-refractivity contribution in [1.29, 1.82) is 0 Å². The smallest absolute Gasteiger partial charge is 0.409 e. The van der Waals surface area contributed by atoms with Crippen LogP contribution in [-0.2, 0) is 28.7 Å². The third-order valence-electron chi connectivity index (χ3n) is 9.70. The summed E-state index contributed by atoms with van der Waals surface area (Å²) in [6, 6.07) is 8.81. The van der Waals surface area contributed by atoms with E-state index in [1.54, 1.807) is 45.9 Å². The first-order valence-corrected chi connectivity index (χ1v) is 18.7. The SMILES string of the molecule is CCCCOC(=O)N1CCN(C(=O)[C@H](CCC(=O)OCC)NC(=O)c2cc(OCC(=O)N3CCC[C@H]3C(=O)NC3CCC3)n(-c3ccccc3)n2)CC1. The van der Waals surface area contributed by atoms with Gasteiger partial charge in [0.2, 0.25) is 17.7 Å². The summed E-state index contributed by atoms with van der Waals surface area (Å²) in [4.78, 5) is 83.1. The largest absolute Gasteiger partial charge is 0.467 e. The second-order valence-electron chi connectivity index (χ2n) is 13.4. The van der Waals surface area contributed by atoms with E-state index in [1.165, 1.54) is 10.7 Å². The van der Waals surface area contributed by atoms with Gasteiger partial charge in [-0.15, -0.1) is 0 Å². The van der Waals surface area contributed by atoms with Crippen LogP contribution in [0.15, 0.2) is 36.4 Å². The number of para-hydroxylation sites is 1. The van der Waals surface area contributed by atoms with Crippen LogP contribution in [0.2, 0.25) is 0 Å². The zero-order valence-electron chi connectivity index (χ0n) is 30.6. The van der Waals surface area contributed by atoms with E-state index in [0.29, 0.717) is 31.7 Å². The van der Waals surface area contributed by atoms with Crippen LogP contribution in [0.4, 0.5) is 4.79 Å². The van der Waals surface area contributed by atoms with Crippen molar-refractivity contribution in [3.8, 4) is 11.6 Å². The Kier molecular flexibility index (Phi) is 14.1. The predicted octanol–water partition coefficient (Wildman–Crippen LogP) is 2.43. The second kappa shape index (κ2) is 19.1. The van der Waals surface area contributed by atoms with Crippen LogP contribution >= 0.6 is 0 Å². The molecule has 2 saturated heterocycles. The van der Waals surface area contributed by atoms with E-state index in [1.807, 2.05) is 13.0 Å². The van der Waals surface area contributed by atoms with E-state index in [9.17, 15) is 28.8 Å². The highest BCUT2D eigenvalue weighted by Crippen LogP contribution is 2.24. The van der Waals surface area contributed by atoms with Crippen LogP contribution in [0.25, 0.3) is 5.69 Å². The zero-order valence-corrected chi connectivity index (χ0v) is 30.6. The Labute approximate surface area is 309 Å². The van der Waals surface area contributed by atoms with Crippen LogP contribution in [0.5, 0.6) is 5.88 Å². The molecule has 1 aromatic heterocycles. The number of unbranched alkanes of at least 4 members (excludes halogenated alkanes) is 1. The molecule has 0 radical (unpaired) electrons. The van der Waals surface area contributed by atoms with Crippen LogP contribution in [-0.4, -0.2) is 131 Å². The molecule has 53 heavy (non-hydrogen) atoms. The van der Waals surface area contributed by atoms with Gasteiger partial charge in [-0.1, -0.05) is 31.5 Å². The molecule has 288 valence electrons. The lowest BCUT2D eigenvalue weighted by molar-refractivity contribution is -0.143. The van der Waals surface area contributed by atoms with Crippen molar-refractivity contribution in [2.75, 3.05) is 52.5 Å². The lowest BCUT2D eigenvalue weighted by Gasteiger charge is -2.36. The van der Waals surface area contributed by atoms with Gasteiger partial charge >= 0.3 is 12.1 Å². The van der Waals surface area contributed by atoms with Gasteiger partial charge < -0.3 is 39.5 Å². The van der Waals surface area contributed by atoms with Gasteiger partial charge in [0, 0.05) is 51.3 Å². The number of nitrogens with one attached hydrogen (secondary N) is 2. The molecule has 2 aromatic rings. The molecule has 16 heteroatoms. The van der Waals surface area contributed by atoms with Gasteiger partial charge in [0.15, 0.2) is 12.3 Å². The van der Waals surface area contributed by atoms with Gasteiger partial charge in [-0.3, -0.25) is 24.0 Å². The Bertz CT molecular complexity index is 1590. The molecule has 2 atom stereocenters. The Morgan fingerprint density at radius 1 is 0.906 bits per heavy atom. The molecule has 0 spiro atoms. The van der Waals surface area contributed by atoms with E-state index in [2.05, 4.69) is 15.7 Å². The first-order valence-electron chi connectivity index (χ1n) is 18.7. The minimum absolute atomic E-state index is 0.0226. The van der Waals surface area contributed by atoms with Crippen LogP contribution in [0.3, 0.4) is 0 Å². The minimum atomic E-state index is -1.10. The van der Waals surface area contributed by atoms with Crippen LogP contribution < -0.4 is 15.4 Å². The molecule has 1 aliphatic carbocycles. The highest BCUT2D eigenvalue weighted by atomic mass is 16.6. The number of esters is 1. The second-order valence-corrected chi connectivity index (χ2v) is 13.4. The van der Waals surface area contributed by atoms with Crippen molar-refractivity contribution in [2.24, 2.45) is 0 Å². The monoisotopic (exact) mass is 737 g/mol. The fourth-order valence-electron chi connectivity index (χ4n) is 6.45. The molecular formula is C37H51N7O9. The number of ether oxygens (including phenoxy) is 3. The number of benzene rings is 1. The molecule has 5 amide bonds. The van der Waals surface area contributed by atoms with Crippen molar-refractivity contribution in [3.63, 3.8) is 0 Å². The number of hydrogen-bond acceptors (Lipinski definition) is 10. The minimum Gasteiger partial charge on any atom is -0.467 e. The van der Waals surface area contributed by atoms with E-state index in [4.69, 9.17) is 14.2 Å². The van der Waals surface area contributed by atoms with Crippen molar-refractivity contribution in [2.45, 2.75) is 89.8 Å². The predicted molar refractivity (Wildman–Crippen MR) is 191 cm³/mol. The van der Waals surface area contributed by atoms with E-state index < -0.39 is 36.0 Å².